The molecule has 1 aromatic carbocycles. The van der Waals surface area contributed by atoms with Crippen LogP contribution in [-0.4, -0.2) is 0 Å². The molecule has 0 radical (unpaired) electrons. The second-order valence-corrected chi connectivity index (χ2v) is 3.03. The lowest BCUT2D eigenvalue weighted by atomic mass is 10.1. The molecular weight excluding hydrogens is 158 g/mol. The molecule has 1 aliphatic rings. The number of halogens is 1. The average Bonchev–Trinajstić information content (AvgIpc) is 2.34. The lowest BCUT2D eigenvalue weighted by Gasteiger charge is -2.05. The Bertz CT molecular complexity index is 317. The van der Waals surface area contributed by atoms with Crippen molar-refractivity contribution in [3.05, 3.63) is 40.4 Å². The Morgan fingerprint density at radius 3 is 2.91 bits per heavy atom. The average molecular weight is 166 g/mol. The van der Waals surface area contributed by atoms with Crippen molar-refractivity contribution < 1.29 is 0 Å². The summed E-state index contributed by atoms with van der Waals surface area (Å²) in [7, 11) is 0. The Hall–Kier alpha value is -0.790. The second kappa shape index (κ2) is 2.36. The molecule has 1 atom stereocenters. The quantitative estimate of drug-likeness (QED) is 0.628. The van der Waals surface area contributed by atoms with Crippen molar-refractivity contribution in [2.75, 3.05) is 0 Å². The molecule has 1 nitrogen and oxygen atoms in total. The Morgan fingerprint density at radius 1 is 1.36 bits per heavy atom. The minimum Gasteiger partial charge on any atom is -0.321 e. The number of fused-ring (bicyclic) bond motifs is 1. The summed E-state index contributed by atoms with van der Waals surface area (Å²) in [5.41, 5.74) is 7.97. The molecule has 0 aliphatic heterocycles. The van der Waals surface area contributed by atoms with E-state index in [4.69, 9.17) is 17.3 Å². The SMILES string of the molecule is NC1C=Cc2cccc(Cl)c21. The van der Waals surface area contributed by atoms with Crippen molar-refractivity contribution in [3.8, 4) is 0 Å². The first-order valence-corrected chi connectivity index (χ1v) is 3.89. The molecule has 11 heavy (non-hydrogen) atoms. The van der Waals surface area contributed by atoms with Gasteiger partial charge in [-0.15, -0.1) is 0 Å². The van der Waals surface area contributed by atoms with Crippen molar-refractivity contribution in [1.82, 2.24) is 0 Å². The molecule has 0 bridgehead atoms. The van der Waals surface area contributed by atoms with Crippen LogP contribution >= 0.6 is 11.6 Å². The van der Waals surface area contributed by atoms with Gasteiger partial charge in [0.05, 0.1) is 6.04 Å². The van der Waals surface area contributed by atoms with Crippen LogP contribution in [0.2, 0.25) is 5.02 Å². The van der Waals surface area contributed by atoms with Crippen LogP contribution in [0.5, 0.6) is 0 Å². The van der Waals surface area contributed by atoms with E-state index in [2.05, 4.69) is 0 Å². The lowest BCUT2D eigenvalue weighted by molar-refractivity contribution is 0.931. The van der Waals surface area contributed by atoms with E-state index < -0.39 is 0 Å². The van der Waals surface area contributed by atoms with E-state index in [9.17, 15) is 0 Å². The number of hydrogen-bond donors (Lipinski definition) is 1. The van der Waals surface area contributed by atoms with Gasteiger partial charge in [0.15, 0.2) is 0 Å². The fraction of sp³-hybridized carbons (Fsp3) is 0.111. The normalized spacial score (nSPS) is 20.4. The monoisotopic (exact) mass is 165 g/mol. The molecule has 1 aliphatic carbocycles. The van der Waals surface area contributed by atoms with Gasteiger partial charge in [0.25, 0.3) is 0 Å². The highest BCUT2D eigenvalue weighted by Crippen LogP contribution is 2.31. The molecule has 56 valence electrons. The van der Waals surface area contributed by atoms with Crippen molar-refractivity contribution in [2.24, 2.45) is 5.73 Å². The van der Waals surface area contributed by atoms with Gasteiger partial charge in [-0.3, -0.25) is 0 Å². The largest absolute Gasteiger partial charge is 0.321 e. The highest BCUT2D eigenvalue weighted by Gasteiger charge is 2.15. The standard InChI is InChI=1S/C9H8ClN/c10-7-3-1-2-6-4-5-8(11)9(6)7/h1-5,8H,11H2. The van der Waals surface area contributed by atoms with Crippen LogP contribution < -0.4 is 5.73 Å². The van der Waals surface area contributed by atoms with Gasteiger partial charge in [0.1, 0.15) is 0 Å². The van der Waals surface area contributed by atoms with Gasteiger partial charge in [0, 0.05) is 5.02 Å². The molecule has 1 unspecified atom stereocenters. The Kier molecular flexibility index (Phi) is 1.48. The summed E-state index contributed by atoms with van der Waals surface area (Å²) in [6.07, 6.45) is 3.96. The fourth-order valence-corrected chi connectivity index (χ4v) is 1.66. The Labute approximate surface area is 70.5 Å². The summed E-state index contributed by atoms with van der Waals surface area (Å²) in [4.78, 5) is 0. The number of hydrogen-bond acceptors (Lipinski definition) is 1. The third-order valence-corrected chi connectivity index (χ3v) is 2.23. The summed E-state index contributed by atoms with van der Waals surface area (Å²) in [6, 6.07) is 5.81. The van der Waals surface area contributed by atoms with Gasteiger partial charge in [-0.2, -0.15) is 0 Å². The van der Waals surface area contributed by atoms with Crippen molar-refractivity contribution in [2.45, 2.75) is 6.04 Å². The zero-order valence-corrected chi connectivity index (χ0v) is 6.68. The lowest BCUT2D eigenvalue weighted by Crippen LogP contribution is -2.04. The molecule has 2 N–H and O–H groups in total. The van der Waals surface area contributed by atoms with E-state index in [0.29, 0.717) is 0 Å². The van der Waals surface area contributed by atoms with Crippen LogP contribution in [0.1, 0.15) is 17.2 Å². The van der Waals surface area contributed by atoms with Gasteiger partial charge in [-0.1, -0.05) is 35.9 Å². The fourth-order valence-electron chi connectivity index (χ4n) is 1.35. The maximum atomic E-state index is 5.94. The summed E-state index contributed by atoms with van der Waals surface area (Å²) in [5, 5.41) is 0.764. The van der Waals surface area contributed by atoms with Crippen LogP contribution in [-0.2, 0) is 0 Å². The zero-order valence-electron chi connectivity index (χ0n) is 5.92. The topological polar surface area (TPSA) is 26.0 Å². The minimum atomic E-state index is -0.0151. The van der Waals surface area contributed by atoms with Gasteiger partial charge in [-0.05, 0) is 17.2 Å². The summed E-state index contributed by atoms with van der Waals surface area (Å²) >= 11 is 5.94. The molecule has 0 saturated carbocycles. The third kappa shape index (κ3) is 0.971. The summed E-state index contributed by atoms with van der Waals surface area (Å²) in [6.45, 7) is 0. The van der Waals surface area contributed by atoms with Crippen LogP contribution in [0.15, 0.2) is 24.3 Å². The van der Waals surface area contributed by atoms with E-state index in [-0.39, 0.29) is 6.04 Å². The number of rotatable bonds is 0. The first-order chi connectivity index (χ1) is 5.29. The molecule has 0 saturated heterocycles. The molecule has 2 rings (SSSR count). The van der Waals surface area contributed by atoms with Gasteiger partial charge in [-0.25, -0.2) is 0 Å². The molecule has 0 amide bonds. The van der Waals surface area contributed by atoms with E-state index in [1.54, 1.807) is 0 Å². The molecule has 2 heteroatoms. The summed E-state index contributed by atoms with van der Waals surface area (Å²) in [5.74, 6) is 0. The van der Waals surface area contributed by atoms with E-state index >= 15 is 0 Å². The molecule has 0 heterocycles. The van der Waals surface area contributed by atoms with E-state index in [0.717, 1.165) is 16.1 Å². The summed E-state index contributed by atoms with van der Waals surface area (Å²) < 4.78 is 0. The first kappa shape index (κ1) is 6.89. The third-order valence-electron chi connectivity index (χ3n) is 1.90. The maximum Gasteiger partial charge on any atom is 0.0505 e. The molecule has 0 aromatic heterocycles. The number of benzene rings is 1. The van der Waals surface area contributed by atoms with Crippen LogP contribution in [0, 0.1) is 0 Å². The van der Waals surface area contributed by atoms with Crippen LogP contribution in [0.25, 0.3) is 6.08 Å². The molecule has 0 spiro atoms. The van der Waals surface area contributed by atoms with Crippen molar-refractivity contribution in [1.29, 1.82) is 0 Å². The Morgan fingerprint density at radius 2 is 2.18 bits per heavy atom. The zero-order chi connectivity index (χ0) is 7.84. The molecule has 1 aromatic rings. The molecular formula is C9H8ClN. The number of nitrogens with two attached hydrogens (primary N) is 1. The predicted octanol–water partition coefficient (Wildman–Crippen LogP) is 2.37. The van der Waals surface area contributed by atoms with E-state index in [1.807, 2.05) is 30.4 Å². The smallest absolute Gasteiger partial charge is 0.0505 e. The Balaban J connectivity index is 2.65. The van der Waals surface area contributed by atoms with Crippen molar-refractivity contribution in [3.63, 3.8) is 0 Å². The molecule has 0 fully saturated rings. The van der Waals surface area contributed by atoms with E-state index in [1.165, 1.54) is 0 Å². The van der Waals surface area contributed by atoms with Crippen LogP contribution in [0.4, 0.5) is 0 Å². The highest BCUT2D eigenvalue weighted by atomic mass is 35.5. The maximum absolute atomic E-state index is 5.94. The predicted molar refractivity (Wildman–Crippen MR) is 47.4 cm³/mol. The highest BCUT2D eigenvalue weighted by molar-refractivity contribution is 6.31. The van der Waals surface area contributed by atoms with Gasteiger partial charge < -0.3 is 5.73 Å². The van der Waals surface area contributed by atoms with Gasteiger partial charge in [0.2, 0.25) is 0 Å². The first-order valence-electron chi connectivity index (χ1n) is 3.51. The van der Waals surface area contributed by atoms with Crippen molar-refractivity contribution >= 4 is 17.7 Å². The minimum absolute atomic E-state index is 0.0151. The van der Waals surface area contributed by atoms with Crippen LogP contribution in [0.3, 0.4) is 0 Å². The second-order valence-electron chi connectivity index (χ2n) is 2.63. The van der Waals surface area contributed by atoms with Gasteiger partial charge >= 0.3 is 0 Å².